The van der Waals surface area contributed by atoms with Crippen molar-refractivity contribution in [3.63, 3.8) is 0 Å². The van der Waals surface area contributed by atoms with Crippen molar-refractivity contribution in [3.05, 3.63) is 23.8 Å². The summed E-state index contributed by atoms with van der Waals surface area (Å²) in [5.41, 5.74) is 7.99. The van der Waals surface area contributed by atoms with E-state index in [1.807, 2.05) is 20.2 Å². The van der Waals surface area contributed by atoms with Crippen molar-refractivity contribution in [2.45, 2.75) is 19.9 Å². The van der Waals surface area contributed by atoms with E-state index in [-0.39, 0.29) is 11.9 Å². The van der Waals surface area contributed by atoms with Gasteiger partial charge in [0.1, 0.15) is 0 Å². The summed E-state index contributed by atoms with van der Waals surface area (Å²) in [6, 6.07) is 5.63. The number of carbonyl (C=O) groups excluding carboxylic acids is 1. The van der Waals surface area contributed by atoms with Crippen LogP contribution in [-0.2, 0) is 0 Å². The van der Waals surface area contributed by atoms with Crippen LogP contribution in [-0.4, -0.2) is 56.5 Å². The maximum atomic E-state index is 12.3. The standard InChI is InChI=1S/C16H28N4O/c1-11(2)15(10-19(3)4)18-14-9-12(17)7-8-13(14)16(21)20(5)6/h7-9,11,15,18H,10,17H2,1-6H3. The van der Waals surface area contributed by atoms with E-state index < -0.39 is 0 Å². The molecular weight excluding hydrogens is 264 g/mol. The molecule has 0 heterocycles. The van der Waals surface area contributed by atoms with Gasteiger partial charge in [-0.15, -0.1) is 0 Å². The summed E-state index contributed by atoms with van der Waals surface area (Å²) < 4.78 is 0. The lowest BCUT2D eigenvalue weighted by Gasteiger charge is -2.28. The Balaban J connectivity index is 3.09. The first-order chi connectivity index (χ1) is 9.72. The van der Waals surface area contributed by atoms with Gasteiger partial charge in [-0.05, 0) is 38.2 Å². The Morgan fingerprint density at radius 1 is 1.24 bits per heavy atom. The summed E-state index contributed by atoms with van der Waals surface area (Å²) in [6.07, 6.45) is 0. The fraction of sp³-hybridized carbons (Fsp3) is 0.562. The van der Waals surface area contributed by atoms with Crippen molar-refractivity contribution in [3.8, 4) is 0 Å². The summed E-state index contributed by atoms with van der Waals surface area (Å²) >= 11 is 0. The second kappa shape index (κ2) is 7.31. The number of hydrogen-bond acceptors (Lipinski definition) is 4. The van der Waals surface area contributed by atoms with Gasteiger partial charge in [-0.1, -0.05) is 13.8 Å². The van der Waals surface area contributed by atoms with Crippen LogP contribution >= 0.6 is 0 Å². The van der Waals surface area contributed by atoms with Crippen LogP contribution in [0.3, 0.4) is 0 Å². The van der Waals surface area contributed by atoms with Crippen LogP contribution in [0.15, 0.2) is 18.2 Å². The van der Waals surface area contributed by atoms with Crippen LogP contribution < -0.4 is 11.1 Å². The zero-order valence-corrected chi connectivity index (χ0v) is 14.0. The van der Waals surface area contributed by atoms with Crippen molar-refractivity contribution in [2.75, 3.05) is 45.8 Å². The average molecular weight is 292 g/mol. The highest BCUT2D eigenvalue weighted by Crippen LogP contribution is 2.23. The van der Waals surface area contributed by atoms with Crippen molar-refractivity contribution >= 4 is 17.3 Å². The maximum absolute atomic E-state index is 12.3. The lowest BCUT2D eigenvalue weighted by atomic mass is 10.0. The van der Waals surface area contributed by atoms with Gasteiger partial charge in [0.25, 0.3) is 5.91 Å². The molecule has 5 heteroatoms. The number of benzene rings is 1. The Morgan fingerprint density at radius 2 is 1.86 bits per heavy atom. The molecule has 118 valence electrons. The molecular formula is C16H28N4O. The second-order valence-electron chi connectivity index (χ2n) is 6.26. The van der Waals surface area contributed by atoms with Crippen LogP contribution in [0.2, 0.25) is 0 Å². The van der Waals surface area contributed by atoms with Gasteiger partial charge in [0.2, 0.25) is 0 Å². The van der Waals surface area contributed by atoms with E-state index in [9.17, 15) is 4.79 Å². The molecule has 0 spiro atoms. The van der Waals surface area contributed by atoms with Gasteiger partial charge in [-0.25, -0.2) is 0 Å². The number of hydrogen-bond donors (Lipinski definition) is 2. The number of nitrogens with two attached hydrogens (primary N) is 1. The Labute approximate surface area is 128 Å². The van der Waals surface area contributed by atoms with Crippen molar-refractivity contribution in [1.82, 2.24) is 9.80 Å². The molecule has 1 atom stereocenters. The van der Waals surface area contributed by atoms with Crippen LogP contribution in [0.5, 0.6) is 0 Å². The Bertz CT molecular complexity index is 483. The van der Waals surface area contributed by atoms with Crippen molar-refractivity contribution in [1.29, 1.82) is 0 Å². The van der Waals surface area contributed by atoms with E-state index >= 15 is 0 Å². The van der Waals surface area contributed by atoms with Gasteiger partial charge in [0, 0.05) is 38.1 Å². The molecule has 0 aliphatic rings. The van der Waals surface area contributed by atoms with Gasteiger partial charge in [-0.3, -0.25) is 4.79 Å². The normalized spacial score (nSPS) is 12.6. The van der Waals surface area contributed by atoms with Crippen molar-refractivity contribution in [2.24, 2.45) is 5.92 Å². The molecule has 3 N–H and O–H groups in total. The number of carbonyl (C=O) groups is 1. The number of nitrogen functional groups attached to an aromatic ring is 1. The summed E-state index contributed by atoms with van der Waals surface area (Å²) in [5.74, 6) is 0.418. The molecule has 0 saturated carbocycles. The topological polar surface area (TPSA) is 61.6 Å². The Morgan fingerprint density at radius 3 is 2.33 bits per heavy atom. The molecule has 0 saturated heterocycles. The Hall–Kier alpha value is -1.75. The molecule has 21 heavy (non-hydrogen) atoms. The summed E-state index contributed by atoms with van der Waals surface area (Å²) in [7, 11) is 7.59. The Kier molecular flexibility index (Phi) is 6.03. The zero-order valence-electron chi connectivity index (χ0n) is 14.0. The number of amides is 1. The molecule has 1 aromatic rings. The molecule has 1 amide bonds. The molecule has 0 radical (unpaired) electrons. The number of likely N-dealkylation sites (N-methyl/N-ethyl adjacent to an activating group) is 1. The monoisotopic (exact) mass is 292 g/mol. The first-order valence-corrected chi connectivity index (χ1v) is 7.24. The van der Waals surface area contributed by atoms with E-state index in [0.717, 1.165) is 12.2 Å². The van der Waals surface area contributed by atoms with E-state index in [0.29, 0.717) is 17.2 Å². The van der Waals surface area contributed by atoms with E-state index in [1.54, 1.807) is 31.1 Å². The molecule has 0 aromatic heterocycles. The molecule has 0 fully saturated rings. The van der Waals surface area contributed by atoms with Gasteiger partial charge in [-0.2, -0.15) is 0 Å². The number of nitrogens with zero attached hydrogens (tertiary/aromatic N) is 2. The maximum Gasteiger partial charge on any atom is 0.255 e. The van der Waals surface area contributed by atoms with E-state index in [1.165, 1.54) is 0 Å². The fourth-order valence-corrected chi connectivity index (χ4v) is 2.12. The minimum absolute atomic E-state index is 0.0233. The molecule has 5 nitrogen and oxygen atoms in total. The van der Waals surface area contributed by atoms with Crippen molar-refractivity contribution < 1.29 is 4.79 Å². The second-order valence-corrected chi connectivity index (χ2v) is 6.26. The largest absolute Gasteiger partial charge is 0.399 e. The van der Waals surface area contributed by atoms with Crippen LogP contribution in [0.1, 0.15) is 24.2 Å². The number of rotatable bonds is 6. The highest BCUT2D eigenvalue weighted by Gasteiger charge is 2.19. The van der Waals surface area contributed by atoms with E-state index in [2.05, 4.69) is 24.1 Å². The lowest BCUT2D eigenvalue weighted by molar-refractivity contribution is 0.0828. The molecule has 1 aromatic carbocycles. The molecule has 0 aliphatic carbocycles. The van der Waals surface area contributed by atoms with Crippen LogP contribution in [0.4, 0.5) is 11.4 Å². The fourth-order valence-electron chi connectivity index (χ4n) is 2.12. The number of anilines is 2. The number of nitrogens with one attached hydrogen (secondary N) is 1. The zero-order chi connectivity index (χ0) is 16.2. The average Bonchev–Trinajstić information content (AvgIpc) is 2.36. The quantitative estimate of drug-likeness (QED) is 0.787. The third kappa shape index (κ3) is 4.93. The molecule has 0 bridgehead atoms. The van der Waals surface area contributed by atoms with Gasteiger partial charge < -0.3 is 20.9 Å². The summed E-state index contributed by atoms with van der Waals surface area (Å²) in [5, 5.41) is 3.49. The first kappa shape index (κ1) is 17.3. The SMILES string of the molecule is CC(C)C(CN(C)C)Nc1cc(N)ccc1C(=O)N(C)C. The summed E-state index contributed by atoms with van der Waals surface area (Å²) in [4.78, 5) is 16.0. The third-order valence-corrected chi connectivity index (χ3v) is 3.39. The first-order valence-electron chi connectivity index (χ1n) is 7.24. The van der Waals surface area contributed by atoms with Gasteiger partial charge in [0.15, 0.2) is 0 Å². The predicted molar refractivity (Wildman–Crippen MR) is 89.7 cm³/mol. The molecule has 0 aliphatic heterocycles. The lowest BCUT2D eigenvalue weighted by Crippen LogP contribution is -2.37. The third-order valence-electron chi connectivity index (χ3n) is 3.39. The van der Waals surface area contributed by atoms with E-state index in [4.69, 9.17) is 5.73 Å². The minimum Gasteiger partial charge on any atom is -0.399 e. The van der Waals surface area contributed by atoms with Gasteiger partial charge >= 0.3 is 0 Å². The predicted octanol–water partition coefficient (Wildman–Crippen LogP) is 1.97. The minimum atomic E-state index is -0.0233. The summed E-state index contributed by atoms with van der Waals surface area (Å²) in [6.45, 7) is 5.23. The van der Waals surface area contributed by atoms with Gasteiger partial charge in [0.05, 0.1) is 5.56 Å². The molecule has 1 unspecified atom stereocenters. The smallest absolute Gasteiger partial charge is 0.255 e. The highest BCUT2D eigenvalue weighted by molar-refractivity contribution is 6.00. The highest BCUT2D eigenvalue weighted by atomic mass is 16.2. The van der Waals surface area contributed by atoms with Crippen LogP contribution in [0, 0.1) is 5.92 Å². The van der Waals surface area contributed by atoms with Crippen LogP contribution in [0.25, 0.3) is 0 Å². The molecule has 1 rings (SSSR count).